The third-order valence-corrected chi connectivity index (χ3v) is 3.97. The zero-order valence-corrected chi connectivity index (χ0v) is 12.9. The molecule has 1 N–H and O–H groups in total. The molecule has 1 aromatic heterocycles. The number of nitrogens with one attached hydrogen (secondary N) is 1. The van der Waals surface area contributed by atoms with Gasteiger partial charge in [0.05, 0.1) is 4.34 Å². The number of hydrogen-bond acceptors (Lipinski definition) is 3. The maximum Gasteiger partial charge on any atom is 0.408 e. The Hall–Kier alpha value is 0.280. The summed E-state index contributed by atoms with van der Waals surface area (Å²) in [6, 6.07) is 1.46. The highest BCUT2D eigenvalue weighted by Gasteiger charge is 2.45. The Morgan fingerprint density at radius 2 is 1.79 bits per heavy atom. The molecule has 1 aliphatic rings. The van der Waals surface area contributed by atoms with Crippen LogP contribution < -0.4 is 5.32 Å². The summed E-state index contributed by atoms with van der Waals surface area (Å²) < 4.78 is 39.7. The molecule has 9 heteroatoms. The lowest BCUT2D eigenvalue weighted by Crippen LogP contribution is -2.48. The minimum atomic E-state index is -4.26. The van der Waals surface area contributed by atoms with Crippen LogP contribution in [0.3, 0.4) is 0 Å². The fourth-order valence-electron chi connectivity index (χ4n) is 1.96. The molecule has 19 heavy (non-hydrogen) atoms. The van der Waals surface area contributed by atoms with E-state index in [9.17, 15) is 13.2 Å². The van der Waals surface area contributed by atoms with E-state index >= 15 is 0 Å². The molecule has 1 saturated heterocycles. The Morgan fingerprint density at radius 3 is 2.21 bits per heavy atom. The zero-order valence-electron chi connectivity index (χ0n) is 9.74. The van der Waals surface area contributed by atoms with Gasteiger partial charge < -0.3 is 5.32 Å². The van der Waals surface area contributed by atoms with Crippen LogP contribution in [0.4, 0.5) is 13.2 Å². The summed E-state index contributed by atoms with van der Waals surface area (Å²) >= 11 is 6.71. The molecule has 112 valence electrons. The highest BCUT2D eigenvalue weighted by atomic mass is 35.5. The SMILES string of the molecule is Cl.Cl.FC(F)(F)[C@@H](c1ccc(Cl)s1)N1CCNCC1. The number of alkyl halides is 3. The summed E-state index contributed by atoms with van der Waals surface area (Å²) in [4.78, 5) is 1.72. The zero-order chi connectivity index (χ0) is 12.5. The Morgan fingerprint density at radius 1 is 1.21 bits per heavy atom. The summed E-state index contributed by atoms with van der Waals surface area (Å²) in [5.41, 5.74) is 0. The predicted molar refractivity (Wildman–Crippen MR) is 77.1 cm³/mol. The van der Waals surface area contributed by atoms with Crippen LogP contribution >= 0.6 is 47.8 Å². The first kappa shape index (κ1) is 19.3. The smallest absolute Gasteiger partial charge is 0.314 e. The molecule has 0 bridgehead atoms. The summed E-state index contributed by atoms with van der Waals surface area (Å²) in [7, 11) is 0. The standard InChI is InChI=1S/C10H12ClF3N2S.2ClH/c11-8-2-1-7(17-8)9(10(12,13)14)16-5-3-15-4-6-16;;/h1-2,9,15H,3-6H2;2*1H/t9-;;/m1../s1. The van der Waals surface area contributed by atoms with Gasteiger partial charge in [0.15, 0.2) is 0 Å². The van der Waals surface area contributed by atoms with E-state index in [1.807, 2.05) is 0 Å². The van der Waals surface area contributed by atoms with Crippen molar-refractivity contribution in [2.24, 2.45) is 0 Å². The van der Waals surface area contributed by atoms with Crippen molar-refractivity contribution in [2.75, 3.05) is 26.2 Å². The number of piperazine rings is 1. The molecular weight excluding hydrogens is 344 g/mol. The maximum absolute atomic E-state index is 13.1. The lowest BCUT2D eigenvalue weighted by molar-refractivity contribution is -0.186. The number of rotatable bonds is 2. The van der Waals surface area contributed by atoms with Gasteiger partial charge in [0.25, 0.3) is 0 Å². The number of nitrogens with zero attached hydrogens (tertiary/aromatic N) is 1. The van der Waals surface area contributed by atoms with Crippen molar-refractivity contribution in [3.05, 3.63) is 21.3 Å². The summed E-state index contributed by atoms with van der Waals surface area (Å²) in [6.45, 7) is 1.98. The van der Waals surface area contributed by atoms with E-state index in [1.54, 1.807) is 0 Å². The van der Waals surface area contributed by atoms with Crippen LogP contribution in [0.2, 0.25) is 4.34 Å². The van der Waals surface area contributed by atoms with E-state index in [0.717, 1.165) is 11.3 Å². The predicted octanol–water partition coefficient (Wildman–Crippen LogP) is 3.75. The fourth-order valence-corrected chi connectivity index (χ4v) is 3.19. The molecule has 0 spiro atoms. The van der Waals surface area contributed by atoms with Gasteiger partial charge in [-0.05, 0) is 12.1 Å². The second-order valence-corrected chi connectivity index (χ2v) is 5.62. The average molecular weight is 358 g/mol. The molecule has 0 unspecified atom stereocenters. The molecule has 2 heterocycles. The van der Waals surface area contributed by atoms with E-state index in [1.165, 1.54) is 17.0 Å². The molecule has 1 aliphatic heterocycles. The normalized spacial score (nSPS) is 18.3. The molecule has 1 fully saturated rings. The van der Waals surface area contributed by atoms with Gasteiger partial charge in [0.2, 0.25) is 0 Å². The number of halogens is 6. The largest absolute Gasteiger partial charge is 0.408 e. The Bertz CT molecular complexity index is 380. The lowest BCUT2D eigenvalue weighted by atomic mass is 10.1. The van der Waals surface area contributed by atoms with Crippen LogP contribution in [0.15, 0.2) is 12.1 Å². The van der Waals surface area contributed by atoms with E-state index in [-0.39, 0.29) is 29.7 Å². The average Bonchev–Trinajstić information content (AvgIpc) is 2.64. The second kappa shape index (κ2) is 7.90. The maximum atomic E-state index is 13.1. The molecule has 0 amide bonds. The summed E-state index contributed by atoms with van der Waals surface area (Å²) in [5, 5.41) is 3.05. The molecular formula is C10H14Cl3F3N2S. The van der Waals surface area contributed by atoms with E-state index in [4.69, 9.17) is 11.6 Å². The van der Waals surface area contributed by atoms with Gasteiger partial charge in [-0.1, -0.05) is 11.6 Å². The van der Waals surface area contributed by atoms with Crippen LogP contribution in [0.5, 0.6) is 0 Å². The van der Waals surface area contributed by atoms with Gasteiger partial charge >= 0.3 is 6.18 Å². The lowest BCUT2D eigenvalue weighted by Gasteiger charge is -2.35. The molecule has 2 nitrogen and oxygen atoms in total. The van der Waals surface area contributed by atoms with Crippen molar-refractivity contribution in [1.82, 2.24) is 10.2 Å². The monoisotopic (exact) mass is 356 g/mol. The van der Waals surface area contributed by atoms with Gasteiger partial charge in [-0.2, -0.15) is 13.2 Å². The van der Waals surface area contributed by atoms with Crippen LogP contribution in [-0.4, -0.2) is 37.3 Å². The molecule has 1 aromatic rings. The van der Waals surface area contributed by atoms with Crippen LogP contribution in [0.25, 0.3) is 0 Å². The minimum Gasteiger partial charge on any atom is -0.314 e. The first-order valence-electron chi connectivity index (χ1n) is 5.25. The minimum absolute atomic E-state index is 0. The first-order valence-corrected chi connectivity index (χ1v) is 6.44. The van der Waals surface area contributed by atoms with Crippen molar-refractivity contribution in [2.45, 2.75) is 12.2 Å². The van der Waals surface area contributed by atoms with E-state index < -0.39 is 12.2 Å². The number of thiophene rings is 1. The Kier molecular flexibility index (Phi) is 8.02. The molecule has 1 atom stereocenters. The van der Waals surface area contributed by atoms with E-state index in [0.29, 0.717) is 30.5 Å². The summed E-state index contributed by atoms with van der Waals surface area (Å²) in [5.74, 6) is 0. The van der Waals surface area contributed by atoms with Crippen LogP contribution in [-0.2, 0) is 0 Å². The molecule has 0 aromatic carbocycles. The van der Waals surface area contributed by atoms with Crippen molar-refractivity contribution in [3.63, 3.8) is 0 Å². The Labute approximate surface area is 131 Å². The van der Waals surface area contributed by atoms with Gasteiger partial charge in [-0.15, -0.1) is 36.2 Å². The fraction of sp³-hybridized carbons (Fsp3) is 0.600. The van der Waals surface area contributed by atoms with Crippen molar-refractivity contribution < 1.29 is 13.2 Å². The molecule has 0 saturated carbocycles. The molecule has 2 rings (SSSR count). The van der Waals surface area contributed by atoms with Crippen molar-refractivity contribution in [3.8, 4) is 0 Å². The number of hydrogen-bond donors (Lipinski definition) is 1. The Balaban J connectivity index is 0.00000162. The first-order chi connectivity index (χ1) is 7.98. The molecule has 0 radical (unpaired) electrons. The van der Waals surface area contributed by atoms with Gasteiger partial charge in [-0.25, -0.2) is 0 Å². The van der Waals surface area contributed by atoms with Gasteiger partial charge in [0, 0.05) is 31.1 Å². The van der Waals surface area contributed by atoms with Gasteiger partial charge in [-0.3, -0.25) is 4.90 Å². The van der Waals surface area contributed by atoms with Crippen LogP contribution in [0, 0.1) is 0 Å². The van der Waals surface area contributed by atoms with E-state index in [2.05, 4.69) is 5.32 Å². The molecule has 0 aliphatic carbocycles. The third kappa shape index (κ3) is 4.95. The van der Waals surface area contributed by atoms with Gasteiger partial charge in [0.1, 0.15) is 6.04 Å². The quantitative estimate of drug-likeness (QED) is 0.867. The topological polar surface area (TPSA) is 15.3 Å². The van der Waals surface area contributed by atoms with Crippen LogP contribution in [0.1, 0.15) is 10.9 Å². The second-order valence-electron chi connectivity index (χ2n) is 3.87. The van der Waals surface area contributed by atoms with Crippen molar-refractivity contribution >= 4 is 47.8 Å². The van der Waals surface area contributed by atoms with Crippen molar-refractivity contribution in [1.29, 1.82) is 0 Å². The third-order valence-electron chi connectivity index (χ3n) is 2.69. The highest BCUT2D eigenvalue weighted by molar-refractivity contribution is 7.16. The summed E-state index contributed by atoms with van der Waals surface area (Å²) in [6.07, 6.45) is -4.26. The highest BCUT2D eigenvalue weighted by Crippen LogP contribution is 2.41.